The largest absolute Gasteiger partial charge is 0.573 e. The van der Waals surface area contributed by atoms with Crippen LogP contribution in [0.4, 0.5) is 33.3 Å². The fourth-order valence-electron chi connectivity index (χ4n) is 7.47. The highest BCUT2D eigenvalue weighted by molar-refractivity contribution is 6.34. The van der Waals surface area contributed by atoms with E-state index in [9.17, 15) is 34.2 Å². The molecule has 0 bridgehead atoms. The second kappa shape index (κ2) is 15.6. The van der Waals surface area contributed by atoms with Gasteiger partial charge in [-0.2, -0.15) is 21.0 Å². The fourth-order valence-corrected chi connectivity index (χ4v) is 7.47. The van der Waals surface area contributed by atoms with Gasteiger partial charge in [-0.1, -0.05) is 54.1 Å². The van der Waals surface area contributed by atoms with Gasteiger partial charge in [0.05, 0.1) is 49.6 Å². The van der Waals surface area contributed by atoms with Crippen molar-refractivity contribution in [2.45, 2.75) is 13.3 Å². The molecule has 0 aliphatic heterocycles. The van der Waals surface area contributed by atoms with E-state index in [-0.39, 0.29) is 67.2 Å². The summed E-state index contributed by atoms with van der Waals surface area (Å²) < 4.78 is 79.8. The molecule has 0 saturated heterocycles. The van der Waals surface area contributed by atoms with Gasteiger partial charge in [0.1, 0.15) is 29.5 Å². The molecule has 7 rings (SSSR count). The first-order valence-corrected chi connectivity index (χ1v) is 17.6. The SMILES string of the molecule is [C-]#[N+]C(=C1C(c2ccc(C)cc2)=C([N+]#[C-])c2c(F)c3c(c(F)c21)/C(=C(/C#N)c1cc(C#N)cc([N+]#[C-])c1)C(c1ccc(OC(F)(F)F)cc1)=C3C#N)c1cc(C#N)cc([N+]#[C-])c1. The lowest BCUT2D eigenvalue weighted by molar-refractivity contribution is -0.274. The Morgan fingerprint density at radius 3 is 1.66 bits per heavy atom. The summed E-state index contributed by atoms with van der Waals surface area (Å²) in [6.07, 6.45) is -5.09. The van der Waals surface area contributed by atoms with Crippen LogP contribution in [0.2, 0.25) is 0 Å². The molecule has 0 radical (unpaired) electrons. The second-order valence-corrected chi connectivity index (χ2v) is 13.4. The van der Waals surface area contributed by atoms with Crippen LogP contribution in [0, 0.1) is 90.2 Å². The second-order valence-electron chi connectivity index (χ2n) is 13.4. The highest BCUT2D eigenvalue weighted by Crippen LogP contribution is 2.59. The molecule has 14 heteroatoms. The van der Waals surface area contributed by atoms with Gasteiger partial charge in [-0.3, -0.25) is 0 Å². The van der Waals surface area contributed by atoms with Crippen LogP contribution >= 0.6 is 0 Å². The van der Waals surface area contributed by atoms with Crippen LogP contribution < -0.4 is 4.74 Å². The third-order valence-electron chi connectivity index (χ3n) is 9.92. The molecule has 0 spiro atoms. The Labute approximate surface area is 349 Å². The summed E-state index contributed by atoms with van der Waals surface area (Å²) in [5, 5.41) is 41.3. The molecule has 0 aromatic heterocycles. The van der Waals surface area contributed by atoms with Crippen LogP contribution in [0.5, 0.6) is 5.75 Å². The summed E-state index contributed by atoms with van der Waals surface area (Å²) >= 11 is 0. The molecule has 5 aromatic carbocycles. The van der Waals surface area contributed by atoms with Gasteiger partial charge in [-0.05, 0) is 76.7 Å². The maximum atomic E-state index is 18.4. The lowest BCUT2D eigenvalue weighted by atomic mass is 9.86. The standard InChI is InChI=1S/C48H17F5N8O/c1-24-6-8-28(9-7-24)37-42(46(60-4)30-15-26(21-55)17-32(19-30)59-3)41-43(47(37)61-5)44(49)39-35(23-57)36(27-10-12-33(13-11-27)62-48(51,52)53)38(40(39)45(41)50)34(22-56)29-14-25(20-54)16-31(18-29)58-2/h6-19H,1H3/b38-34-,46-42?. The number of alkyl halides is 3. The number of benzene rings is 5. The maximum absolute atomic E-state index is 18.4. The minimum absolute atomic E-state index is 0.0400. The molecule has 62 heavy (non-hydrogen) atoms. The van der Waals surface area contributed by atoms with Crippen LogP contribution in [0.3, 0.4) is 0 Å². The Morgan fingerprint density at radius 2 is 1.15 bits per heavy atom. The average molecular weight is 817 g/mol. The van der Waals surface area contributed by atoms with Gasteiger partial charge >= 0.3 is 6.36 Å². The lowest BCUT2D eigenvalue weighted by Gasteiger charge is -2.18. The summed E-state index contributed by atoms with van der Waals surface area (Å²) in [6.45, 7) is 33.8. The van der Waals surface area contributed by atoms with E-state index in [4.69, 9.17) is 26.3 Å². The summed E-state index contributed by atoms with van der Waals surface area (Å²) in [5.74, 6) is -3.31. The van der Waals surface area contributed by atoms with E-state index in [2.05, 4.69) is 24.1 Å². The molecular weight excluding hydrogens is 800 g/mol. The van der Waals surface area contributed by atoms with Crippen molar-refractivity contribution in [1.29, 1.82) is 21.0 Å². The topological polar surface area (TPSA) is 122 Å². The molecule has 0 fully saturated rings. The molecule has 9 nitrogen and oxygen atoms in total. The third kappa shape index (κ3) is 6.72. The first-order chi connectivity index (χ1) is 29.7. The van der Waals surface area contributed by atoms with Crippen LogP contribution in [0.15, 0.2) is 84.9 Å². The molecule has 0 N–H and O–H groups in total. The monoisotopic (exact) mass is 816 g/mol. The molecule has 0 unspecified atom stereocenters. The van der Waals surface area contributed by atoms with Gasteiger partial charge in [0.25, 0.3) is 0 Å². The molecule has 0 heterocycles. The third-order valence-corrected chi connectivity index (χ3v) is 9.92. The first-order valence-electron chi connectivity index (χ1n) is 17.6. The number of allylic oxidation sites excluding steroid dienone is 6. The predicted molar refractivity (Wildman–Crippen MR) is 217 cm³/mol. The number of nitriles is 4. The van der Waals surface area contributed by atoms with Gasteiger partial charge in [0, 0.05) is 44.5 Å². The number of rotatable bonds is 5. The van der Waals surface area contributed by atoms with Crippen LogP contribution in [-0.4, -0.2) is 6.36 Å². The highest BCUT2D eigenvalue weighted by atomic mass is 19.4. The van der Waals surface area contributed by atoms with Gasteiger partial charge < -0.3 is 4.74 Å². The zero-order valence-corrected chi connectivity index (χ0v) is 31.5. The number of hydrogen-bond donors (Lipinski definition) is 0. The Bertz CT molecular complexity index is 3290. The van der Waals surface area contributed by atoms with E-state index >= 15 is 8.78 Å². The summed E-state index contributed by atoms with van der Waals surface area (Å²) in [6, 6.07) is 25.5. The number of halogens is 5. The van der Waals surface area contributed by atoms with Crippen molar-refractivity contribution in [1.82, 2.24) is 0 Å². The Kier molecular flexibility index (Phi) is 10.3. The van der Waals surface area contributed by atoms with Crippen molar-refractivity contribution >= 4 is 56.2 Å². The number of ether oxygens (including phenoxy) is 1. The van der Waals surface area contributed by atoms with Crippen molar-refractivity contribution in [2.24, 2.45) is 0 Å². The zero-order valence-electron chi connectivity index (χ0n) is 31.5. The average Bonchev–Trinajstić information content (AvgIpc) is 3.80. The molecule has 2 aliphatic rings. The van der Waals surface area contributed by atoms with E-state index in [1.807, 2.05) is 24.3 Å². The fraction of sp³-hybridized carbons (Fsp3) is 0.0417. The van der Waals surface area contributed by atoms with Crippen molar-refractivity contribution in [3.8, 4) is 30.0 Å². The molecule has 5 aromatic rings. The Balaban J connectivity index is 1.70. The van der Waals surface area contributed by atoms with E-state index in [0.717, 1.165) is 29.8 Å². The van der Waals surface area contributed by atoms with Gasteiger partial charge in [-0.25, -0.2) is 28.2 Å². The van der Waals surface area contributed by atoms with E-state index < -0.39 is 68.4 Å². The van der Waals surface area contributed by atoms with Crippen LogP contribution in [0.1, 0.15) is 61.2 Å². The quantitative estimate of drug-likeness (QED) is 0.0993. The first kappa shape index (κ1) is 40.6. The Hall–Kier alpha value is -9.57. The molecule has 2 aliphatic carbocycles. The highest BCUT2D eigenvalue weighted by Gasteiger charge is 2.44. The minimum Gasteiger partial charge on any atom is -0.406 e. The molecule has 0 atom stereocenters. The molecule has 290 valence electrons. The maximum Gasteiger partial charge on any atom is 0.573 e. The van der Waals surface area contributed by atoms with Gasteiger partial charge in [0.2, 0.25) is 5.70 Å². The summed E-state index contributed by atoms with van der Waals surface area (Å²) in [4.78, 5) is 14.1. The van der Waals surface area contributed by atoms with E-state index in [1.54, 1.807) is 31.2 Å². The zero-order chi connectivity index (χ0) is 44.6. The predicted octanol–water partition coefficient (Wildman–Crippen LogP) is 12.5. The van der Waals surface area contributed by atoms with Crippen molar-refractivity contribution in [3.05, 3.63) is 203 Å². The van der Waals surface area contributed by atoms with Crippen molar-refractivity contribution < 1.29 is 26.7 Å². The lowest BCUT2D eigenvalue weighted by Crippen LogP contribution is -2.17. The minimum atomic E-state index is -5.09. The van der Waals surface area contributed by atoms with E-state index in [0.29, 0.717) is 0 Å². The Morgan fingerprint density at radius 1 is 0.613 bits per heavy atom. The van der Waals surface area contributed by atoms with E-state index in [1.165, 1.54) is 36.4 Å². The number of hydrogen-bond acceptors (Lipinski definition) is 5. The number of fused-ring (bicyclic) bond motifs is 2. The summed E-state index contributed by atoms with van der Waals surface area (Å²) in [5.41, 5.74) is -5.34. The number of nitrogens with zero attached hydrogens (tertiary/aromatic N) is 8. The van der Waals surface area contributed by atoms with Gasteiger partial charge in [-0.15, -0.1) is 13.2 Å². The number of aryl methyl sites for hydroxylation is 1. The van der Waals surface area contributed by atoms with Crippen LogP contribution in [-0.2, 0) is 0 Å². The van der Waals surface area contributed by atoms with Crippen molar-refractivity contribution in [2.75, 3.05) is 0 Å². The molecule has 0 amide bonds. The molecular formula is C48H17F5N8O. The van der Waals surface area contributed by atoms with Crippen molar-refractivity contribution in [3.63, 3.8) is 0 Å². The van der Waals surface area contributed by atoms with Gasteiger partial charge in [0.15, 0.2) is 17.1 Å². The smallest absolute Gasteiger partial charge is 0.406 e. The normalized spacial score (nSPS) is 14.1. The summed E-state index contributed by atoms with van der Waals surface area (Å²) in [7, 11) is 0. The molecule has 0 saturated carbocycles. The van der Waals surface area contributed by atoms with Crippen LogP contribution in [0.25, 0.3) is 64.2 Å².